The normalized spacial score (nSPS) is 19.9. The van der Waals surface area contributed by atoms with E-state index >= 15 is 0 Å². The van der Waals surface area contributed by atoms with Crippen molar-refractivity contribution in [2.45, 2.75) is 57.0 Å². The van der Waals surface area contributed by atoms with Crippen LogP contribution in [-0.4, -0.2) is 41.8 Å². The molecule has 0 radical (unpaired) electrons. The largest absolute Gasteiger partial charge is 0.481 e. The number of rotatable bonds is 8. The highest BCUT2D eigenvalue weighted by molar-refractivity contribution is 5.80. The van der Waals surface area contributed by atoms with Gasteiger partial charge in [0.25, 0.3) is 0 Å². The first-order chi connectivity index (χ1) is 16.0. The number of aliphatic carboxylic acids is 1. The van der Waals surface area contributed by atoms with E-state index in [9.17, 15) is 14.4 Å². The average Bonchev–Trinajstić information content (AvgIpc) is 3.40. The van der Waals surface area contributed by atoms with Gasteiger partial charge in [-0.3, -0.25) is 9.59 Å². The second-order valence-electron chi connectivity index (χ2n) is 8.89. The van der Waals surface area contributed by atoms with Gasteiger partial charge in [0.05, 0.1) is 5.92 Å². The smallest absolute Gasteiger partial charge is 0.407 e. The lowest BCUT2D eigenvalue weighted by molar-refractivity contribution is -0.141. The molecule has 0 heterocycles. The molecule has 4 rings (SSSR count). The lowest BCUT2D eigenvalue weighted by atomic mass is 9.98. The first-order valence-electron chi connectivity index (χ1n) is 11.6. The van der Waals surface area contributed by atoms with Crippen molar-refractivity contribution in [3.63, 3.8) is 0 Å². The summed E-state index contributed by atoms with van der Waals surface area (Å²) >= 11 is 0. The van der Waals surface area contributed by atoms with Gasteiger partial charge in [0.2, 0.25) is 5.91 Å². The molecule has 0 aliphatic heterocycles. The van der Waals surface area contributed by atoms with Crippen molar-refractivity contribution < 1.29 is 24.2 Å². The highest BCUT2D eigenvalue weighted by Crippen LogP contribution is 2.44. The molecule has 0 bridgehead atoms. The Kier molecular flexibility index (Phi) is 6.96. The molecule has 3 unspecified atom stereocenters. The van der Waals surface area contributed by atoms with Crippen molar-refractivity contribution in [3.05, 3.63) is 59.7 Å². The third-order valence-corrected chi connectivity index (χ3v) is 6.74. The Morgan fingerprint density at radius 2 is 1.67 bits per heavy atom. The molecule has 2 aromatic carbocycles. The van der Waals surface area contributed by atoms with Crippen molar-refractivity contribution in [1.82, 2.24) is 10.6 Å². The Bertz CT molecular complexity index is 991. The van der Waals surface area contributed by atoms with E-state index in [1.54, 1.807) is 0 Å². The molecule has 0 saturated heterocycles. The molecule has 3 atom stereocenters. The van der Waals surface area contributed by atoms with Crippen LogP contribution in [0.1, 0.15) is 56.1 Å². The average molecular weight is 451 g/mol. The molecule has 0 aromatic heterocycles. The third kappa shape index (κ3) is 5.18. The zero-order valence-corrected chi connectivity index (χ0v) is 18.8. The number of amides is 2. The van der Waals surface area contributed by atoms with E-state index in [-0.39, 0.29) is 36.9 Å². The number of alkyl carbamates (subject to hydrolysis) is 1. The van der Waals surface area contributed by atoms with Crippen LogP contribution in [0, 0.1) is 5.92 Å². The Morgan fingerprint density at radius 3 is 2.24 bits per heavy atom. The molecule has 1 fully saturated rings. The van der Waals surface area contributed by atoms with Crippen LogP contribution in [0.4, 0.5) is 4.79 Å². The SMILES string of the molecule is CCC(CC(=O)NC1CCC(C(=O)O)C1)NC(=O)OCC1c2ccccc2-c2ccccc21. The standard InChI is InChI=1S/C26H30N2O5/c1-2-17(14-24(29)27-18-12-11-16(13-18)25(30)31)28-26(32)33-15-23-21-9-5-3-7-19(21)20-8-4-6-10-22(20)23/h3-10,16-18,23H,2,11-15H2,1H3,(H,27,29)(H,28,32)(H,30,31). The maximum atomic E-state index is 12.5. The predicted molar refractivity (Wildman–Crippen MR) is 124 cm³/mol. The Hall–Kier alpha value is -3.35. The Morgan fingerprint density at radius 1 is 1.03 bits per heavy atom. The molecule has 7 nitrogen and oxygen atoms in total. The van der Waals surface area contributed by atoms with Gasteiger partial charge in [-0.15, -0.1) is 0 Å². The lowest BCUT2D eigenvalue weighted by Crippen LogP contribution is -2.41. The monoisotopic (exact) mass is 450 g/mol. The minimum absolute atomic E-state index is 0.0175. The summed E-state index contributed by atoms with van der Waals surface area (Å²) in [6.45, 7) is 2.12. The minimum atomic E-state index is -0.810. The van der Waals surface area contributed by atoms with Crippen LogP contribution in [-0.2, 0) is 14.3 Å². The summed E-state index contributed by atoms with van der Waals surface area (Å²) in [6.07, 6.45) is 1.88. The number of hydrogen-bond donors (Lipinski definition) is 3. The molecule has 2 aliphatic rings. The number of carboxylic acids is 1. The first-order valence-corrected chi connectivity index (χ1v) is 11.6. The van der Waals surface area contributed by atoms with Crippen LogP contribution in [0.25, 0.3) is 11.1 Å². The predicted octanol–water partition coefficient (Wildman–Crippen LogP) is 4.06. The van der Waals surface area contributed by atoms with Gasteiger partial charge in [-0.1, -0.05) is 55.5 Å². The summed E-state index contributed by atoms with van der Waals surface area (Å²) in [5, 5.41) is 14.8. The number of carbonyl (C=O) groups excluding carboxylic acids is 2. The molecule has 0 spiro atoms. The first kappa shape index (κ1) is 22.8. The topological polar surface area (TPSA) is 105 Å². The second kappa shape index (κ2) is 10.1. The van der Waals surface area contributed by atoms with Crippen molar-refractivity contribution in [2.24, 2.45) is 5.92 Å². The molecule has 2 aromatic rings. The van der Waals surface area contributed by atoms with Gasteiger partial charge < -0.3 is 20.5 Å². The summed E-state index contributed by atoms with van der Waals surface area (Å²) < 4.78 is 5.58. The summed E-state index contributed by atoms with van der Waals surface area (Å²) in [5.41, 5.74) is 4.63. The molecule has 174 valence electrons. The number of nitrogens with one attached hydrogen (secondary N) is 2. The third-order valence-electron chi connectivity index (χ3n) is 6.74. The number of carboxylic acid groups (broad SMARTS) is 1. The molecule has 2 aliphatic carbocycles. The van der Waals surface area contributed by atoms with E-state index in [0.717, 1.165) is 11.1 Å². The van der Waals surface area contributed by atoms with Crippen LogP contribution in [0.5, 0.6) is 0 Å². The number of ether oxygens (including phenoxy) is 1. The highest BCUT2D eigenvalue weighted by Gasteiger charge is 2.31. The summed E-state index contributed by atoms with van der Waals surface area (Å²) in [5.74, 6) is -1.40. The van der Waals surface area contributed by atoms with Crippen molar-refractivity contribution in [1.29, 1.82) is 0 Å². The molecular weight excluding hydrogens is 420 g/mol. The maximum absolute atomic E-state index is 12.5. The zero-order chi connectivity index (χ0) is 23.4. The quantitative estimate of drug-likeness (QED) is 0.563. The maximum Gasteiger partial charge on any atom is 0.407 e. The van der Waals surface area contributed by atoms with Gasteiger partial charge in [0.1, 0.15) is 6.61 Å². The molecule has 7 heteroatoms. The van der Waals surface area contributed by atoms with E-state index < -0.39 is 18.0 Å². The van der Waals surface area contributed by atoms with Crippen LogP contribution >= 0.6 is 0 Å². The summed E-state index contributed by atoms with van der Waals surface area (Å²) in [6, 6.07) is 15.8. The van der Waals surface area contributed by atoms with E-state index in [2.05, 4.69) is 34.9 Å². The fraction of sp³-hybridized carbons (Fsp3) is 0.423. The van der Waals surface area contributed by atoms with Crippen LogP contribution in [0.3, 0.4) is 0 Å². The number of hydrogen-bond acceptors (Lipinski definition) is 4. The Labute approximate surface area is 193 Å². The second-order valence-corrected chi connectivity index (χ2v) is 8.89. The van der Waals surface area contributed by atoms with E-state index in [0.29, 0.717) is 25.7 Å². The van der Waals surface area contributed by atoms with Crippen molar-refractivity contribution in [2.75, 3.05) is 6.61 Å². The summed E-state index contributed by atoms with van der Waals surface area (Å²) in [4.78, 5) is 36.0. The van der Waals surface area contributed by atoms with Gasteiger partial charge in [-0.25, -0.2) is 4.79 Å². The van der Waals surface area contributed by atoms with E-state index in [4.69, 9.17) is 9.84 Å². The van der Waals surface area contributed by atoms with Gasteiger partial charge in [-0.2, -0.15) is 0 Å². The van der Waals surface area contributed by atoms with Crippen molar-refractivity contribution >= 4 is 18.0 Å². The van der Waals surface area contributed by atoms with Gasteiger partial charge in [0, 0.05) is 24.4 Å². The molecule has 1 saturated carbocycles. The Balaban J connectivity index is 1.28. The van der Waals surface area contributed by atoms with Gasteiger partial charge in [-0.05, 0) is 47.9 Å². The zero-order valence-electron chi connectivity index (χ0n) is 18.8. The van der Waals surface area contributed by atoms with Gasteiger partial charge >= 0.3 is 12.1 Å². The van der Waals surface area contributed by atoms with Crippen LogP contribution < -0.4 is 10.6 Å². The number of carbonyl (C=O) groups is 3. The highest BCUT2D eigenvalue weighted by atomic mass is 16.5. The fourth-order valence-corrected chi connectivity index (χ4v) is 4.95. The molecule has 2 amide bonds. The molecule has 3 N–H and O–H groups in total. The minimum Gasteiger partial charge on any atom is -0.481 e. The van der Waals surface area contributed by atoms with Crippen LogP contribution in [0.15, 0.2) is 48.5 Å². The molecule has 33 heavy (non-hydrogen) atoms. The number of benzene rings is 2. The fourth-order valence-electron chi connectivity index (χ4n) is 4.95. The van der Waals surface area contributed by atoms with E-state index in [1.165, 1.54) is 11.1 Å². The van der Waals surface area contributed by atoms with E-state index in [1.807, 2.05) is 31.2 Å². The number of fused-ring (bicyclic) bond motifs is 3. The van der Waals surface area contributed by atoms with Crippen molar-refractivity contribution in [3.8, 4) is 11.1 Å². The van der Waals surface area contributed by atoms with Crippen LogP contribution in [0.2, 0.25) is 0 Å². The van der Waals surface area contributed by atoms with Gasteiger partial charge in [0.15, 0.2) is 0 Å². The molecular formula is C26H30N2O5. The summed E-state index contributed by atoms with van der Waals surface area (Å²) in [7, 11) is 0. The lowest BCUT2D eigenvalue weighted by Gasteiger charge is -2.20.